The van der Waals surface area contributed by atoms with E-state index in [1.165, 1.54) is 27.8 Å². The number of halogens is 1. The Hall–Kier alpha value is -1.32. The maximum absolute atomic E-state index is 6.50. The molecule has 2 nitrogen and oxygen atoms in total. The lowest BCUT2D eigenvalue weighted by atomic mass is 9.91. The van der Waals surface area contributed by atoms with Gasteiger partial charge in [0.25, 0.3) is 0 Å². The van der Waals surface area contributed by atoms with E-state index in [9.17, 15) is 0 Å². The van der Waals surface area contributed by atoms with E-state index < -0.39 is 0 Å². The van der Waals surface area contributed by atoms with Crippen LogP contribution in [0.15, 0.2) is 34.8 Å². The predicted octanol–water partition coefficient (Wildman–Crippen LogP) is 4.24. The van der Waals surface area contributed by atoms with Gasteiger partial charge in [-0.15, -0.1) is 0 Å². The van der Waals surface area contributed by atoms with Crippen LogP contribution >= 0.6 is 15.9 Å². The van der Waals surface area contributed by atoms with E-state index in [1.54, 1.807) is 0 Å². The van der Waals surface area contributed by atoms with Gasteiger partial charge in [-0.25, -0.2) is 0 Å². The molecule has 21 heavy (non-hydrogen) atoms. The molecule has 3 rings (SSSR count). The van der Waals surface area contributed by atoms with Crippen molar-refractivity contribution in [2.45, 2.75) is 32.7 Å². The Bertz CT molecular complexity index is 661. The first-order valence-corrected chi connectivity index (χ1v) is 8.11. The van der Waals surface area contributed by atoms with Crippen LogP contribution in [0.5, 0.6) is 5.75 Å². The van der Waals surface area contributed by atoms with Crippen molar-refractivity contribution < 1.29 is 4.74 Å². The minimum Gasteiger partial charge on any atom is -0.493 e. The van der Waals surface area contributed by atoms with Gasteiger partial charge < -0.3 is 10.5 Å². The Morgan fingerprint density at radius 2 is 1.95 bits per heavy atom. The summed E-state index contributed by atoms with van der Waals surface area (Å²) in [6.45, 7) is 5.03. The molecule has 1 heterocycles. The Morgan fingerprint density at radius 3 is 2.67 bits per heavy atom. The molecule has 0 amide bonds. The van der Waals surface area contributed by atoms with Crippen LogP contribution < -0.4 is 10.5 Å². The fourth-order valence-electron chi connectivity index (χ4n) is 3.25. The molecule has 0 saturated carbocycles. The number of aryl methyl sites for hydroxylation is 2. The van der Waals surface area contributed by atoms with E-state index in [2.05, 4.69) is 60.1 Å². The van der Waals surface area contributed by atoms with Gasteiger partial charge in [-0.05, 0) is 60.2 Å². The Kier molecular flexibility index (Phi) is 4.05. The summed E-state index contributed by atoms with van der Waals surface area (Å²) >= 11 is 3.59. The summed E-state index contributed by atoms with van der Waals surface area (Å²) < 4.78 is 6.91. The first-order valence-electron chi connectivity index (χ1n) is 7.32. The largest absolute Gasteiger partial charge is 0.493 e. The van der Waals surface area contributed by atoms with Crippen molar-refractivity contribution >= 4 is 15.9 Å². The van der Waals surface area contributed by atoms with E-state index >= 15 is 0 Å². The minimum absolute atomic E-state index is 0.00574. The third-order valence-electron chi connectivity index (χ3n) is 4.18. The van der Waals surface area contributed by atoms with Crippen LogP contribution in [-0.2, 0) is 12.8 Å². The molecule has 1 aliphatic heterocycles. The normalized spacial score (nSPS) is 14.7. The number of fused-ring (bicyclic) bond motifs is 1. The van der Waals surface area contributed by atoms with Crippen LogP contribution in [0.3, 0.4) is 0 Å². The Labute approximate surface area is 134 Å². The highest BCUT2D eigenvalue weighted by atomic mass is 79.9. The second-order valence-electron chi connectivity index (χ2n) is 5.77. The van der Waals surface area contributed by atoms with E-state index in [4.69, 9.17) is 10.5 Å². The summed E-state index contributed by atoms with van der Waals surface area (Å²) in [5.74, 6) is 1.04. The van der Waals surface area contributed by atoms with E-state index in [1.807, 2.05) is 0 Å². The lowest BCUT2D eigenvalue weighted by Crippen LogP contribution is -2.16. The number of ether oxygens (including phenoxy) is 1. The third-order valence-corrected chi connectivity index (χ3v) is 4.64. The molecule has 0 saturated heterocycles. The zero-order chi connectivity index (χ0) is 15.0. The maximum Gasteiger partial charge on any atom is 0.125 e. The monoisotopic (exact) mass is 345 g/mol. The highest BCUT2D eigenvalue weighted by Crippen LogP contribution is 2.35. The molecule has 0 fully saturated rings. The summed E-state index contributed by atoms with van der Waals surface area (Å²) in [6, 6.07) is 10.6. The van der Waals surface area contributed by atoms with Crippen LogP contribution in [0.4, 0.5) is 0 Å². The molecule has 0 radical (unpaired) electrons. The molecule has 2 aromatic carbocycles. The fourth-order valence-corrected chi connectivity index (χ4v) is 3.80. The average Bonchev–Trinajstić information content (AvgIpc) is 2.86. The molecule has 1 aliphatic rings. The van der Waals surface area contributed by atoms with Gasteiger partial charge in [0.05, 0.1) is 6.61 Å². The summed E-state index contributed by atoms with van der Waals surface area (Å²) in [4.78, 5) is 0. The molecular formula is C18H20BrNO. The van der Waals surface area contributed by atoms with Gasteiger partial charge >= 0.3 is 0 Å². The molecule has 2 N–H and O–H groups in total. The average molecular weight is 346 g/mol. The molecule has 0 aromatic heterocycles. The second kappa shape index (κ2) is 5.82. The summed E-state index contributed by atoms with van der Waals surface area (Å²) in [7, 11) is 0. The Balaban J connectivity index is 1.94. The van der Waals surface area contributed by atoms with E-state index in [-0.39, 0.29) is 6.04 Å². The summed E-state index contributed by atoms with van der Waals surface area (Å²) in [5, 5.41) is 0. The highest BCUT2D eigenvalue weighted by molar-refractivity contribution is 9.10. The maximum atomic E-state index is 6.50. The number of rotatable bonds is 3. The molecule has 110 valence electrons. The molecule has 3 heteroatoms. The standard InChI is InChI=1S/C18H20BrNO/c1-11-4-3-5-12(2)17(11)16(20)10-14-9-15(19)8-13-6-7-21-18(13)14/h3-5,8-9,16H,6-7,10,20H2,1-2H3. The lowest BCUT2D eigenvalue weighted by Gasteiger charge is -2.19. The van der Waals surface area contributed by atoms with Crippen molar-refractivity contribution in [1.29, 1.82) is 0 Å². The number of hydrogen-bond acceptors (Lipinski definition) is 2. The van der Waals surface area contributed by atoms with E-state index in [0.29, 0.717) is 0 Å². The van der Waals surface area contributed by atoms with Gasteiger partial charge in [0.2, 0.25) is 0 Å². The van der Waals surface area contributed by atoms with Crippen LogP contribution in [0.1, 0.15) is 33.9 Å². The topological polar surface area (TPSA) is 35.2 Å². The van der Waals surface area contributed by atoms with Crippen LogP contribution in [0.2, 0.25) is 0 Å². The molecule has 0 spiro atoms. The molecule has 1 unspecified atom stereocenters. The summed E-state index contributed by atoms with van der Waals surface area (Å²) in [5.41, 5.74) is 12.8. The van der Waals surface area contributed by atoms with Gasteiger partial charge in [0.15, 0.2) is 0 Å². The highest BCUT2D eigenvalue weighted by Gasteiger charge is 2.20. The lowest BCUT2D eigenvalue weighted by molar-refractivity contribution is 0.352. The number of hydrogen-bond donors (Lipinski definition) is 1. The van der Waals surface area contributed by atoms with Crippen LogP contribution in [0, 0.1) is 13.8 Å². The van der Waals surface area contributed by atoms with Crippen molar-refractivity contribution in [2.75, 3.05) is 6.61 Å². The van der Waals surface area contributed by atoms with Gasteiger partial charge in [-0.2, -0.15) is 0 Å². The first kappa shape index (κ1) is 14.6. The molecule has 2 aromatic rings. The van der Waals surface area contributed by atoms with Crippen molar-refractivity contribution in [1.82, 2.24) is 0 Å². The van der Waals surface area contributed by atoms with Crippen molar-refractivity contribution in [3.05, 3.63) is 62.6 Å². The number of benzene rings is 2. The minimum atomic E-state index is -0.00574. The first-order chi connectivity index (χ1) is 10.1. The van der Waals surface area contributed by atoms with Gasteiger partial charge in [-0.1, -0.05) is 34.1 Å². The predicted molar refractivity (Wildman–Crippen MR) is 89.9 cm³/mol. The molecule has 0 aliphatic carbocycles. The van der Waals surface area contributed by atoms with E-state index in [0.717, 1.165) is 29.7 Å². The van der Waals surface area contributed by atoms with Gasteiger partial charge in [-0.3, -0.25) is 0 Å². The molecule has 0 bridgehead atoms. The van der Waals surface area contributed by atoms with Crippen LogP contribution in [-0.4, -0.2) is 6.61 Å². The zero-order valence-electron chi connectivity index (χ0n) is 12.4. The van der Waals surface area contributed by atoms with Gasteiger partial charge in [0.1, 0.15) is 5.75 Å². The second-order valence-corrected chi connectivity index (χ2v) is 6.68. The fraction of sp³-hybridized carbons (Fsp3) is 0.333. The van der Waals surface area contributed by atoms with Crippen molar-refractivity contribution in [2.24, 2.45) is 5.73 Å². The molecule has 1 atom stereocenters. The number of nitrogens with two attached hydrogens (primary N) is 1. The Morgan fingerprint density at radius 1 is 1.24 bits per heavy atom. The van der Waals surface area contributed by atoms with Gasteiger partial charge in [0, 0.05) is 16.9 Å². The van der Waals surface area contributed by atoms with Crippen molar-refractivity contribution in [3.63, 3.8) is 0 Å². The third kappa shape index (κ3) is 2.85. The summed E-state index contributed by atoms with van der Waals surface area (Å²) in [6.07, 6.45) is 1.79. The zero-order valence-corrected chi connectivity index (χ0v) is 14.0. The quantitative estimate of drug-likeness (QED) is 0.902. The SMILES string of the molecule is Cc1cccc(C)c1C(N)Cc1cc(Br)cc2c1OCC2. The smallest absolute Gasteiger partial charge is 0.125 e. The van der Waals surface area contributed by atoms with Crippen LogP contribution in [0.25, 0.3) is 0 Å². The van der Waals surface area contributed by atoms with Crippen molar-refractivity contribution in [3.8, 4) is 5.75 Å². The molecular weight excluding hydrogens is 326 g/mol.